The summed E-state index contributed by atoms with van der Waals surface area (Å²) in [6.07, 6.45) is 2.75. The van der Waals surface area contributed by atoms with Crippen LogP contribution in [0.3, 0.4) is 0 Å². The molecule has 2 heterocycles. The van der Waals surface area contributed by atoms with Crippen molar-refractivity contribution in [2.75, 3.05) is 0 Å². The number of rotatable bonds is 6. The van der Waals surface area contributed by atoms with E-state index in [9.17, 15) is 19.0 Å². The van der Waals surface area contributed by atoms with Crippen molar-refractivity contribution in [2.24, 2.45) is 0 Å². The van der Waals surface area contributed by atoms with Crippen LogP contribution in [0.4, 0.5) is 8.78 Å². The largest absolute Gasteiger partial charge is 0.508 e. The van der Waals surface area contributed by atoms with Crippen LogP contribution in [0, 0.1) is 11.6 Å². The molecule has 30 heavy (non-hydrogen) atoms. The Kier molecular flexibility index (Phi) is 5.31. The lowest BCUT2D eigenvalue weighted by molar-refractivity contribution is -0.0572. The van der Waals surface area contributed by atoms with E-state index in [0.29, 0.717) is 10.7 Å². The highest BCUT2D eigenvalue weighted by atomic mass is 32.1. The summed E-state index contributed by atoms with van der Waals surface area (Å²) in [6.45, 7) is 1.55. The molecule has 2 aromatic carbocycles. The fourth-order valence-electron chi connectivity index (χ4n) is 3.24. The molecule has 0 unspecified atom stereocenters. The van der Waals surface area contributed by atoms with Gasteiger partial charge in [0.25, 0.3) is 0 Å². The first-order chi connectivity index (χ1) is 14.3. The molecule has 4 rings (SSSR count). The lowest BCUT2D eigenvalue weighted by atomic mass is 9.90. The third-order valence-corrected chi connectivity index (χ3v) is 5.92. The van der Waals surface area contributed by atoms with Gasteiger partial charge in [0.05, 0.1) is 11.6 Å². The van der Waals surface area contributed by atoms with Crippen molar-refractivity contribution in [1.29, 1.82) is 0 Å². The maximum atomic E-state index is 14.4. The Hall–Kier alpha value is -3.17. The number of hydrogen-bond acceptors (Lipinski definition) is 6. The molecule has 0 aliphatic carbocycles. The van der Waals surface area contributed by atoms with Crippen LogP contribution in [0.1, 0.15) is 23.4 Å². The minimum atomic E-state index is -1.57. The van der Waals surface area contributed by atoms with Gasteiger partial charge in [-0.2, -0.15) is 5.10 Å². The average molecular weight is 428 g/mol. The quantitative estimate of drug-likeness (QED) is 0.484. The number of phenols is 1. The van der Waals surface area contributed by atoms with Crippen LogP contribution < -0.4 is 0 Å². The molecule has 0 saturated heterocycles. The SMILES string of the molecule is C[C@@](O)([C@@H](Cc1ccc(F)cc1F)c1nc(-c2ccc(O)cc2)cs1)n1cncn1. The maximum absolute atomic E-state index is 14.4. The van der Waals surface area contributed by atoms with Gasteiger partial charge in [-0.3, -0.25) is 0 Å². The minimum Gasteiger partial charge on any atom is -0.508 e. The molecule has 0 fully saturated rings. The Morgan fingerprint density at radius 3 is 2.60 bits per heavy atom. The van der Waals surface area contributed by atoms with E-state index in [1.807, 2.05) is 5.38 Å². The van der Waals surface area contributed by atoms with Gasteiger partial charge >= 0.3 is 0 Å². The first-order valence-corrected chi connectivity index (χ1v) is 9.99. The molecule has 6 nitrogen and oxygen atoms in total. The van der Waals surface area contributed by atoms with Crippen LogP contribution in [-0.4, -0.2) is 30.0 Å². The van der Waals surface area contributed by atoms with E-state index in [1.165, 1.54) is 40.8 Å². The monoisotopic (exact) mass is 428 g/mol. The molecule has 154 valence electrons. The topological polar surface area (TPSA) is 84.1 Å². The third kappa shape index (κ3) is 3.94. The van der Waals surface area contributed by atoms with Gasteiger partial charge in [0, 0.05) is 17.0 Å². The Bertz CT molecular complexity index is 1140. The van der Waals surface area contributed by atoms with E-state index in [4.69, 9.17) is 0 Å². The van der Waals surface area contributed by atoms with E-state index in [0.717, 1.165) is 11.6 Å². The summed E-state index contributed by atoms with van der Waals surface area (Å²) in [6, 6.07) is 9.96. The first-order valence-electron chi connectivity index (χ1n) is 9.11. The molecule has 2 N–H and O–H groups in total. The van der Waals surface area contributed by atoms with Gasteiger partial charge in [-0.1, -0.05) is 6.07 Å². The standard InChI is InChI=1S/C21H18F2N4O2S/c1-21(29,27-12-24-11-25-27)17(8-14-2-5-15(22)9-18(14)23)20-26-19(10-30-20)13-3-6-16(28)7-4-13/h2-7,9-12,17,28-29H,8H2,1H3/t17-,21+/m0/s1. The second-order valence-electron chi connectivity index (χ2n) is 7.04. The number of benzene rings is 2. The Balaban J connectivity index is 1.74. The first kappa shape index (κ1) is 20.1. The fraction of sp³-hybridized carbons (Fsp3) is 0.190. The summed E-state index contributed by atoms with van der Waals surface area (Å²) >= 11 is 1.32. The summed E-state index contributed by atoms with van der Waals surface area (Å²) in [5, 5.41) is 27.2. The highest BCUT2D eigenvalue weighted by Gasteiger charge is 2.38. The number of aliphatic hydroxyl groups is 1. The van der Waals surface area contributed by atoms with E-state index in [1.54, 1.807) is 31.2 Å². The van der Waals surface area contributed by atoms with Gasteiger partial charge in [0.2, 0.25) is 0 Å². The van der Waals surface area contributed by atoms with Crippen molar-refractivity contribution in [2.45, 2.75) is 25.0 Å². The summed E-state index contributed by atoms with van der Waals surface area (Å²) in [5.74, 6) is -1.90. The fourth-order valence-corrected chi connectivity index (χ4v) is 4.28. The van der Waals surface area contributed by atoms with Gasteiger partial charge in [0.15, 0.2) is 5.72 Å². The van der Waals surface area contributed by atoms with Crippen LogP contribution in [0.25, 0.3) is 11.3 Å². The Morgan fingerprint density at radius 2 is 1.93 bits per heavy atom. The normalized spacial score (nSPS) is 14.4. The number of thiazole rings is 1. The van der Waals surface area contributed by atoms with E-state index < -0.39 is 23.3 Å². The lowest BCUT2D eigenvalue weighted by Gasteiger charge is -2.31. The molecule has 0 aliphatic heterocycles. The van der Waals surface area contributed by atoms with Crippen molar-refractivity contribution < 1.29 is 19.0 Å². The van der Waals surface area contributed by atoms with Gasteiger partial charge < -0.3 is 10.2 Å². The Labute approximate surface area is 175 Å². The van der Waals surface area contributed by atoms with Crippen LogP contribution >= 0.6 is 11.3 Å². The summed E-state index contributed by atoms with van der Waals surface area (Å²) in [7, 11) is 0. The number of phenolic OH excluding ortho intramolecular Hbond substituents is 1. The van der Waals surface area contributed by atoms with Crippen molar-refractivity contribution in [3.8, 4) is 17.0 Å². The molecule has 0 saturated carbocycles. The third-order valence-electron chi connectivity index (χ3n) is 4.96. The molecular formula is C21H18F2N4O2S. The molecule has 2 atom stereocenters. The van der Waals surface area contributed by atoms with Crippen LogP contribution in [0.2, 0.25) is 0 Å². The van der Waals surface area contributed by atoms with Crippen molar-refractivity contribution in [3.05, 3.63) is 82.7 Å². The molecule has 0 amide bonds. The number of nitrogens with zero attached hydrogens (tertiary/aromatic N) is 4. The van der Waals surface area contributed by atoms with E-state index >= 15 is 0 Å². The molecule has 4 aromatic rings. The summed E-state index contributed by atoms with van der Waals surface area (Å²) < 4.78 is 29.0. The van der Waals surface area contributed by atoms with Crippen molar-refractivity contribution >= 4 is 11.3 Å². The summed E-state index contributed by atoms with van der Waals surface area (Å²) in [4.78, 5) is 8.54. The highest BCUT2D eigenvalue weighted by molar-refractivity contribution is 7.10. The van der Waals surface area contributed by atoms with E-state index in [-0.39, 0.29) is 17.7 Å². The lowest BCUT2D eigenvalue weighted by Crippen LogP contribution is -2.38. The molecule has 0 spiro atoms. The molecule has 0 bridgehead atoms. The van der Waals surface area contributed by atoms with Crippen LogP contribution in [0.5, 0.6) is 5.75 Å². The number of halogens is 2. The average Bonchev–Trinajstić information content (AvgIpc) is 3.40. The molecular weight excluding hydrogens is 410 g/mol. The number of hydrogen-bond donors (Lipinski definition) is 2. The van der Waals surface area contributed by atoms with Crippen molar-refractivity contribution in [1.82, 2.24) is 19.7 Å². The smallest absolute Gasteiger partial charge is 0.166 e. The van der Waals surface area contributed by atoms with Crippen LogP contribution in [-0.2, 0) is 12.1 Å². The van der Waals surface area contributed by atoms with Crippen molar-refractivity contribution in [3.63, 3.8) is 0 Å². The van der Waals surface area contributed by atoms with E-state index in [2.05, 4.69) is 15.1 Å². The maximum Gasteiger partial charge on any atom is 0.166 e. The van der Waals surface area contributed by atoms with Gasteiger partial charge in [-0.15, -0.1) is 11.3 Å². The highest BCUT2D eigenvalue weighted by Crippen LogP contribution is 2.38. The zero-order valence-corrected chi connectivity index (χ0v) is 16.7. The molecule has 2 aromatic heterocycles. The predicted molar refractivity (Wildman–Crippen MR) is 108 cm³/mol. The predicted octanol–water partition coefficient (Wildman–Crippen LogP) is 4.08. The minimum absolute atomic E-state index is 0.0709. The Morgan fingerprint density at radius 1 is 1.17 bits per heavy atom. The van der Waals surface area contributed by atoms with Gasteiger partial charge in [-0.25, -0.2) is 23.4 Å². The number of aromatic hydroxyl groups is 1. The molecule has 9 heteroatoms. The molecule has 0 radical (unpaired) electrons. The zero-order chi connectivity index (χ0) is 21.3. The second-order valence-corrected chi connectivity index (χ2v) is 7.93. The van der Waals surface area contributed by atoms with Crippen LogP contribution in [0.15, 0.2) is 60.5 Å². The summed E-state index contributed by atoms with van der Waals surface area (Å²) in [5.41, 5.74) is 0.140. The van der Waals surface area contributed by atoms with Gasteiger partial charge in [0.1, 0.15) is 35.0 Å². The number of aromatic nitrogens is 4. The zero-order valence-electron chi connectivity index (χ0n) is 15.9. The second kappa shape index (κ2) is 7.92. The van der Waals surface area contributed by atoms with Gasteiger partial charge in [-0.05, 0) is 49.2 Å². The molecule has 0 aliphatic rings.